The van der Waals surface area contributed by atoms with Gasteiger partial charge in [-0.25, -0.2) is 0 Å². The number of benzene rings is 2. The lowest BCUT2D eigenvalue weighted by Crippen LogP contribution is -2.16. The highest BCUT2D eigenvalue weighted by Gasteiger charge is 2.24. The SMILES string of the molecule is Cc1[nH][nH]c(=O)c1C(c1ccc(C(C)(C)C)cc1)c1ccc(C(C)(C)C)cc1. The van der Waals surface area contributed by atoms with Crippen molar-refractivity contribution >= 4 is 0 Å². The van der Waals surface area contributed by atoms with Gasteiger partial charge < -0.3 is 5.10 Å². The van der Waals surface area contributed by atoms with Crippen LogP contribution in [0.1, 0.15) is 81.0 Å². The van der Waals surface area contributed by atoms with Crippen molar-refractivity contribution in [3.63, 3.8) is 0 Å². The van der Waals surface area contributed by atoms with Gasteiger partial charge in [0.1, 0.15) is 0 Å². The molecule has 0 aliphatic carbocycles. The molecule has 0 bridgehead atoms. The molecule has 3 heteroatoms. The highest BCUT2D eigenvalue weighted by Crippen LogP contribution is 2.34. The van der Waals surface area contributed by atoms with Crippen LogP contribution in [0.2, 0.25) is 0 Å². The summed E-state index contributed by atoms with van der Waals surface area (Å²) in [6, 6.07) is 17.4. The molecule has 2 N–H and O–H groups in total. The van der Waals surface area contributed by atoms with E-state index < -0.39 is 0 Å². The Morgan fingerprint density at radius 3 is 1.36 bits per heavy atom. The summed E-state index contributed by atoms with van der Waals surface area (Å²) >= 11 is 0. The molecule has 3 rings (SSSR count). The predicted molar refractivity (Wildman–Crippen MR) is 117 cm³/mol. The molecule has 1 aromatic heterocycles. The lowest BCUT2D eigenvalue weighted by molar-refractivity contribution is 0.589. The maximum atomic E-state index is 12.6. The van der Waals surface area contributed by atoms with Crippen LogP contribution in [0.3, 0.4) is 0 Å². The van der Waals surface area contributed by atoms with E-state index in [4.69, 9.17) is 0 Å². The predicted octanol–water partition coefficient (Wildman–Crippen LogP) is 5.79. The molecule has 0 aliphatic rings. The number of hydrogen-bond acceptors (Lipinski definition) is 1. The van der Waals surface area contributed by atoms with Crippen molar-refractivity contribution in [3.05, 3.63) is 92.4 Å². The fourth-order valence-corrected chi connectivity index (χ4v) is 3.68. The monoisotopic (exact) mass is 376 g/mol. The Morgan fingerprint density at radius 1 is 0.679 bits per heavy atom. The second-order valence-electron chi connectivity index (χ2n) is 9.79. The van der Waals surface area contributed by atoms with E-state index in [1.807, 2.05) is 6.92 Å². The Kier molecular flexibility index (Phi) is 5.14. The van der Waals surface area contributed by atoms with Gasteiger partial charge in [-0.05, 0) is 40.0 Å². The molecule has 28 heavy (non-hydrogen) atoms. The van der Waals surface area contributed by atoms with Crippen LogP contribution in [0.15, 0.2) is 53.3 Å². The van der Waals surface area contributed by atoms with Gasteiger partial charge in [0, 0.05) is 11.6 Å². The van der Waals surface area contributed by atoms with Gasteiger partial charge in [0.2, 0.25) is 0 Å². The Labute approximate surface area is 168 Å². The zero-order valence-electron chi connectivity index (χ0n) is 18.1. The molecule has 3 aromatic rings. The number of aromatic amines is 2. The minimum absolute atomic E-state index is 0.0534. The van der Waals surface area contributed by atoms with E-state index in [1.165, 1.54) is 11.1 Å². The average Bonchev–Trinajstić information content (AvgIpc) is 2.94. The van der Waals surface area contributed by atoms with Crippen LogP contribution in [0.5, 0.6) is 0 Å². The largest absolute Gasteiger partial charge is 0.302 e. The minimum Gasteiger partial charge on any atom is -0.302 e. The molecule has 0 spiro atoms. The number of aryl methyl sites for hydroxylation is 1. The molecule has 0 amide bonds. The van der Waals surface area contributed by atoms with E-state index in [0.29, 0.717) is 0 Å². The third-order valence-corrected chi connectivity index (χ3v) is 5.52. The van der Waals surface area contributed by atoms with Crippen molar-refractivity contribution in [1.82, 2.24) is 10.2 Å². The summed E-state index contributed by atoms with van der Waals surface area (Å²) in [4.78, 5) is 12.6. The zero-order chi connectivity index (χ0) is 20.7. The van der Waals surface area contributed by atoms with E-state index >= 15 is 0 Å². The number of H-pyrrole nitrogens is 2. The van der Waals surface area contributed by atoms with Crippen LogP contribution >= 0.6 is 0 Å². The van der Waals surface area contributed by atoms with Gasteiger partial charge in [0.25, 0.3) is 5.56 Å². The van der Waals surface area contributed by atoms with E-state index in [2.05, 4.69) is 100 Å². The first-order valence-corrected chi connectivity index (χ1v) is 9.96. The molecule has 0 aliphatic heterocycles. The van der Waals surface area contributed by atoms with Gasteiger partial charge in [-0.15, -0.1) is 0 Å². The Hall–Kier alpha value is -2.55. The van der Waals surface area contributed by atoms with Gasteiger partial charge in [0.15, 0.2) is 0 Å². The molecule has 0 radical (unpaired) electrons. The van der Waals surface area contributed by atoms with E-state index in [-0.39, 0.29) is 22.3 Å². The lowest BCUT2D eigenvalue weighted by Gasteiger charge is -2.23. The Bertz CT molecular complexity index is 933. The van der Waals surface area contributed by atoms with Crippen LogP contribution in [-0.4, -0.2) is 10.2 Å². The van der Waals surface area contributed by atoms with Gasteiger partial charge in [0.05, 0.1) is 5.56 Å². The van der Waals surface area contributed by atoms with Crippen LogP contribution in [-0.2, 0) is 10.8 Å². The maximum absolute atomic E-state index is 12.6. The molecular weight excluding hydrogens is 344 g/mol. The number of nitrogens with one attached hydrogen (secondary N) is 2. The molecule has 0 fully saturated rings. The van der Waals surface area contributed by atoms with E-state index in [9.17, 15) is 4.79 Å². The summed E-state index contributed by atoms with van der Waals surface area (Å²) in [5, 5.41) is 5.74. The molecule has 2 aromatic carbocycles. The smallest absolute Gasteiger partial charge is 0.268 e. The van der Waals surface area contributed by atoms with Crippen molar-refractivity contribution in [1.29, 1.82) is 0 Å². The minimum atomic E-state index is -0.0990. The van der Waals surface area contributed by atoms with Gasteiger partial charge >= 0.3 is 0 Å². The van der Waals surface area contributed by atoms with Crippen molar-refractivity contribution in [2.75, 3.05) is 0 Å². The standard InChI is InChI=1S/C25H32N2O/c1-16-21(23(28)27-26-16)22(17-8-12-19(13-9-17)24(2,3)4)18-10-14-20(15-11-18)25(5,6)7/h8-15,22H,1-7H3,(H2,26,27,28). The number of rotatable bonds is 3. The van der Waals surface area contributed by atoms with Crippen molar-refractivity contribution in [3.8, 4) is 0 Å². The quantitative estimate of drug-likeness (QED) is 0.597. The summed E-state index contributed by atoms with van der Waals surface area (Å²) in [6.07, 6.45) is 0. The van der Waals surface area contributed by atoms with Crippen LogP contribution in [0.4, 0.5) is 0 Å². The van der Waals surface area contributed by atoms with Crippen molar-refractivity contribution in [2.24, 2.45) is 0 Å². The summed E-state index contributed by atoms with van der Waals surface area (Å²) < 4.78 is 0. The first-order valence-electron chi connectivity index (χ1n) is 9.96. The summed E-state index contributed by atoms with van der Waals surface area (Å²) in [5.74, 6) is -0.0990. The molecule has 3 nitrogen and oxygen atoms in total. The molecular formula is C25H32N2O. The maximum Gasteiger partial charge on any atom is 0.268 e. The highest BCUT2D eigenvalue weighted by atomic mass is 16.1. The lowest BCUT2D eigenvalue weighted by atomic mass is 9.80. The van der Waals surface area contributed by atoms with Gasteiger partial charge in [-0.2, -0.15) is 0 Å². The second kappa shape index (κ2) is 7.12. The van der Waals surface area contributed by atoms with Crippen molar-refractivity contribution < 1.29 is 0 Å². The fraction of sp³-hybridized carbons (Fsp3) is 0.400. The topological polar surface area (TPSA) is 48.6 Å². The normalized spacial score (nSPS) is 12.6. The third kappa shape index (κ3) is 3.99. The van der Waals surface area contributed by atoms with Crippen LogP contribution < -0.4 is 5.56 Å². The first-order chi connectivity index (χ1) is 13.0. The summed E-state index contributed by atoms with van der Waals surface area (Å²) in [5.41, 5.74) is 6.65. The molecule has 148 valence electrons. The van der Waals surface area contributed by atoms with Crippen LogP contribution in [0, 0.1) is 6.92 Å². The molecule has 0 saturated carbocycles. The summed E-state index contributed by atoms with van der Waals surface area (Å²) in [7, 11) is 0. The van der Waals surface area contributed by atoms with Gasteiger partial charge in [-0.3, -0.25) is 9.89 Å². The zero-order valence-corrected chi connectivity index (χ0v) is 18.1. The van der Waals surface area contributed by atoms with E-state index in [0.717, 1.165) is 22.4 Å². The molecule has 0 saturated heterocycles. The molecule has 1 heterocycles. The van der Waals surface area contributed by atoms with Crippen molar-refractivity contribution in [2.45, 2.75) is 65.2 Å². The Balaban J connectivity index is 2.13. The van der Waals surface area contributed by atoms with Crippen LogP contribution in [0.25, 0.3) is 0 Å². The number of hydrogen-bond donors (Lipinski definition) is 2. The second-order valence-corrected chi connectivity index (χ2v) is 9.79. The highest BCUT2D eigenvalue weighted by molar-refractivity contribution is 5.46. The fourth-order valence-electron chi connectivity index (χ4n) is 3.68. The average molecular weight is 377 g/mol. The molecule has 0 atom stereocenters. The third-order valence-electron chi connectivity index (χ3n) is 5.52. The molecule has 0 unspecified atom stereocenters. The van der Waals surface area contributed by atoms with E-state index in [1.54, 1.807) is 0 Å². The number of aromatic nitrogens is 2. The van der Waals surface area contributed by atoms with Gasteiger partial charge in [-0.1, -0.05) is 90.1 Å². The first kappa shape index (κ1) is 20.2. The summed E-state index contributed by atoms with van der Waals surface area (Å²) in [6.45, 7) is 15.2. The Morgan fingerprint density at radius 2 is 1.07 bits per heavy atom.